The van der Waals surface area contributed by atoms with E-state index in [9.17, 15) is 0 Å². The topological polar surface area (TPSA) is 27.7 Å². The maximum absolute atomic E-state index is 6.25. The van der Waals surface area contributed by atoms with Crippen molar-refractivity contribution in [3.63, 3.8) is 0 Å². The maximum Gasteiger partial charge on any atom is 0.171 e. The van der Waals surface area contributed by atoms with Crippen LogP contribution in [0, 0.1) is 11.8 Å². The molecule has 0 bridgehead atoms. The van der Waals surface area contributed by atoms with Crippen molar-refractivity contribution in [1.29, 1.82) is 5.26 Å². The van der Waals surface area contributed by atoms with E-state index < -0.39 is 0 Å². The first-order chi connectivity index (χ1) is 10.9. The van der Waals surface area contributed by atoms with Crippen molar-refractivity contribution in [1.82, 2.24) is 0 Å². The molecule has 0 saturated heterocycles. The minimum atomic E-state index is 1.19. The molecule has 1 aromatic heterocycles. The summed E-state index contributed by atoms with van der Waals surface area (Å²) < 4.78 is 2.37. The minimum Gasteiger partial charge on any atom is -0.512 e. The summed E-state index contributed by atoms with van der Waals surface area (Å²) in [7, 11) is 0. The Morgan fingerprint density at radius 2 is 1.45 bits per heavy atom. The van der Waals surface area contributed by atoms with Gasteiger partial charge in [0.25, 0.3) is 0 Å². The standard InChI is InChI=1S/C19H34N.CN/c1-3-5-6-7-8-9-10-11-12-16-20-17-13-15-19(18-20)14-4-2;1-2/h13,15,17-18H,3-12,14,16H2,1-2H3;/q+1;-1. The van der Waals surface area contributed by atoms with Gasteiger partial charge in [-0.2, -0.15) is 0 Å². The summed E-state index contributed by atoms with van der Waals surface area (Å²) in [5, 5.41) is 6.25. The molecule has 0 spiro atoms. The maximum atomic E-state index is 6.25. The van der Waals surface area contributed by atoms with Crippen LogP contribution in [0.5, 0.6) is 0 Å². The van der Waals surface area contributed by atoms with Gasteiger partial charge in [-0.1, -0.05) is 65.2 Å². The van der Waals surface area contributed by atoms with E-state index in [4.69, 9.17) is 11.8 Å². The molecule has 1 rings (SSSR count). The lowest BCUT2D eigenvalue weighted by molar-refractivity contribution is -0.697. The molecule has 1 aromatic rings. The van der Waals surface area contributed by atoms with Gasteiger partial charge in [0.15, 0.2) is 12.4 Å². The number of nitrogens with zero attached hydrogens (tertiary/aromatic N) is 2. The van der Waals surface area contributed by atoms with Gasteiger partial charge in [-0.25, -0.2) is 4.57 Å². The SMILES string of the molecule is CCCCCCCCCCC[n+]1cccc(CCC)c1.[C-]#N. The van der Waals surface area contributed by atoms with Crippen molar-refractivity contribution < 1.29 is 4.57 Å². The summed E-state index contributed by atoms with van der Waals surface area (Å²) in [6.45, 7) is 10.5. The van der Waals surface area contributed by atoms with Crippen molar-refractivity contribution in [3.8, 4) is 0 Å². The smallest absolute Gasteiger partial charge is 0.171 e. The molecule has 0 amide bonds. The molecule has 0 radical (unpaired) electrons. The molecule has 0 aliphatic carbocycles. The Hall–Kier alpha value is -1.36. The Labute approximate surface area is 138 Å². The van der Waals surface area contributed by atoms with Crippen molar-refractivity contribution >= 4 is 0 Å². The van der Waals surface area contributed by atoms with Crippen LogP contribution in [-0.2, 0) is 13.0 Å². The van der Waals surface area contributed by atoms with Crippen LogP contribution >= 0.6 is 0 Å². The zero-order chi connectivity index (χ0) is 16.5. The van der Waals surface area contributed by atoms with Gasteiger partial charge in [-0.15, -0.1) is 0 Å². The fraction of sp³-hybridized carbons (Fsp3) is 0.700. The first-order valence-electron chi connectivity index (χ1n) is 9.07. The number of hydrogen-bond acceptors (Lipinski definition) is 1. The number of aryl methyl sites for hydroxylation is 2. The second-order valence-corrected chi connectivity index (χ2v) is 6.03. The summed E-state index contributed by atoms with van der Waals surface area (Å²) in [6, 6.07) is 4.44. The van der Waals surface area contributed by atoms with Crippen LogP contribution in [0.15, 0.2) is 24.5 Å². The highest BCUT2D eigenvalue weighted by Gasteiger charge is 2.02. The summed E-state index contributed by atoms with van der Waals surface area (Å²) in [6.07, 6.45) is 19.7. The van der Waals surface area contributed by atoms with E-state index in [-0.39, 0.29) is 0 Å². The Bertz CT molecular complexity index is 371. The van der Waals surface area contributed by atoms with Gasteiger partial charge in [-0.05, 0) is 18.9 Å². The quantitative estimate of drug-likeness (QED) is 0.282. The van der Waals surface area contributed by atoms with Crippen molar-refractivity contribution in [2.24, 2.45) is 0 Å². The molecule has 124 valence electrons. The molecule has 0 saturated carbocycles. The Balaban J connectivity index is 0.00000211. The third kappa shape index (κ3) is 11.3. The largest absolute Gasteiger partial charge is 0.512 e. The van der Waals surface area contributed by atoms with Crippen LogP contribution in [0.3, 0.4) is 0 Å². The summed E-state index contributed by atoms with van der Waals surface area (Å²) in [5.74, 6) is 0. The fourth-order valence-corrected chi connectivity index (χ4v) is 2.76. The molecule has 0 aromatic carbocycles. The number of unbranched alkanes of at least 4 members (excludes halogenated alkanes) is 8. The molecule has 22 heavy (non-hydrogen) atoms. The van der Waals surface area contributed by atoms with Crippen LogP contribution < -0.4 is 4.57 Å². The zero-order valence-electron chi connectivity index (χ0n) is 14.7. The second-order valence-electron chi connectivity index (χ2n) is 6.03. The average molecular weight is 303 g/mol. The van der Waals surface area contributed by atoms with Crippen molar-refractivity contribution in [2.45, 2.75) is 91.0 Å². The van der Waals surface area contributed by atoms with E-state index >= 15 is 0 Å². The highest BCUT2D eigenvalue weighted by molar-refractivity contribution is 5.04. The lowest BCUT2D eigenvalue weighted by atomic mass is 10.1. The molecule has 0 aliphatic heterocycles. The van der Waals surface area contributed by atoms with Gasteiger partial charge in [0.1, 0.15) is 6.54 Å². The molecule has 1 heterocycles. The lowest BCUT2D eigenvalue weighted by Crippen LogP contribution is -2.33. The summed E-state index contributed by atoms with van der Waals surface area (Å²) in [4.78, 5) is 0. The Morgan fingerprint density at radius 1 is 0.864 bits per heavy atom. The monoisotopic (exact) mass is 302 g/mol. The van der Waals surface area contributed by atoms with Gasteiger partial charge < -0.3 is 11.8 Å². The van der Waals surface area contributed by atoms with Crippen molar-refractivity contribution in [2.75, 3.05) is 0 Å². The molecule has 0 fully saturated rings. The van der Waals surface area contributed by atoms with Crippen LogP contribution in [0.25, 0.3) is 0 Å². The van der Waals surface area contributed by atoms with Crippen LogP contribution in [-0.4, -0.2) is 0 Å². The Kier molecular flexibility index (Phi) is 15.0. The van der Waals surface area contributed by atoms with Gasteiger partial charge >= 0.3 is 0 Å². The van der Waals surface area contributed by atoms with Gasteiger partial charge in [-0.3, -0.25) is 0 Å². The molecular formula is C20H34N2. The summed E-state index contributed by atoms with van der Waals surface area (Å²) in [5.41, 5.74) is 1.48. The molecule has 0 unspecified atom stereocenters. The van der Waals surface area contributed by atoms with E-state index in [1.807, 2.05) is 0 Å². The summed E-state index contributed by atoms with van der Waals surface area (Å²) >= 11 is 0. The fourth-order valence-electron chi connectivity index (χ4n) is 2.76. The third-order valence-corrected chi connectivity index (χ3v) is 3.98. The molecule has 2 heteroatoms. The molecule has 0 atom stereocenters. The molecule has 0 aliphatic rings. The minimum absolute atomic E-state index is 1.19. The third-order valence-electron chi connectivity index (χ3n) is 3.98. The lowest BCUT2D eigenvalue weighted by Gasteiger charge is -2.02. The van der Waals surface area contributed by atoms with Crippen LogP contribution in [0.1, 0.15) is 83.6 Å². The first-order valence-corrected chi connectivity index (χ1v) is 9.07. The van der Waals surface area contributed by atoms with Crippen LogP contribution in [0.2, 0.25) is 0 Å². The van der Waals surface area contributed by atoms with Crippen molar-refractivity contribution in [3.05, 3.63) is 36.7 Å². The van der Waals surface area contributed by atoms with E-state index in [1.54, 1.807) is 0 Å². The highest BCUT2D eigenvalue weighted by atomic mass is 14.9. The normalized spacial score (nSPS) is 10.0. The van der Waals surface area contributed by atoms with E-state index in [0.717, 1.165) is 0 Å². The number of pyridine rings is 1. The first kappa shape index (κ1) is 20.6. The number of rotatable bonds is 12. The van der Waals surface area contributed by atoms with Gasteiger partial charge in [0.2, 0.25) is 0 Å². The number of aromatic nitrogens is 1. The van der Waals surface area contributed by atoms with Gasteiger partial charge in [0.05, 0.1) is 0 Å². The van der Waals surface area contributed by atoms with E-state index in [1.165, 1.54) is 82.7 Å². The molecule has 2 nitrogen and oxygen atoms in total. The number of hydrogen-bond donors (Lipinski definition) is 0. The van der Waals surface area contributed by atoms with Crippen LogP contribution in [0.4, 0.5) is 0 Å². The predicted molar refractivity (Wildman–Crippen MR) is 92.8 cm³/mol. The molecule has 0 N–H and O–H groups in total. The Morgan fingerprint density at radius 3 is 2.05 bits per heavy atom. The highest BCUT2D eigenvalue weighted by Crippen LogP contribution is 2.09. The molecular weight excluding hydrogens is 268 g/mol. The zero-order valence-corrected chi connectivity index (χ0v) is 14.7. The second kappa shape index (κ2) is 16.0. The van der Waals surface area contributed by atoms with E-state index in [2.05, 4.69) is 42.9 Å². The average Bonchev–Trinajstić information content (AvgIpc) is 2.56. The van der Waals surface area contributed by atoms with E-state index in [0.29, 0.717) is 0 Å². The predicted octanol–water partition coefficient (Wildman–Crippen LogP) is 5.55. The van der Waals surface area contributed by atoms with Gasteiger partial charge in [0, 0.05) is 18.1 Å².